The normalized spacial score (nSPS) is 19.5. The second-order valence-electron chi connectivity index (χ2n) is 9.11. The fourth-order valence-corrected chi connectivity index (χ4v) is 4.14. The second kappa shape index (κ2) is 14.4. The van der Waals surface area contributed by atoms with E-state index in [9.17, 15) is 14.7 Å². The first kappa shape index (κ1) is 28.9. The van der Waals surface area contributed by atoms with Gasteiger partial charge in [-0.2, -0.15) is 0 Å². The number of nitrogens with zero attached hydrogens (tertiary/aromatic N) is 1. The average Bonchev–Trinajstić information content (AvgIpc) is 2.95. The van der Waals surface area contributed by atoms with Gasteiger partial charge >= 0.3 is 5.97 Å². The fourth-order valence-electron chi connectivity index (χ4n) is 4.01. The predicted molar refractivity (Wildman–Crippen MR) is 145 cm³/mol. The molecule has 0 radical (unpaired) electrons. The zero-order valence-electron chi connectivity index (χ0n) is 21.7. The molecule has 3 atom stereocenters. The van der Waals surface area contributed by atoms with Crippen molar-refractivity contribution in [1.29, 1.82) is 0 Å². The molecule has 0 aliphatic carbocycles. The maximum Gasteiger partial charge on any atom is 0.331 e. The molecular formula is C29H33ClN2O6. The Morgan fingerprint density at radius 3 is 2.47 bits per heavy atom. The van der Waals surface area contributed by atoms with E-state index < -0.39 is 23.7 Å². The Hall–Kier alpha value is -3.62. The lowest BCUT2D eigenvalue weighted by Crippen LogP contribution is -2.45. The number of carbonyl (C=O) groups is 2. The minimum absolute atomic E-state index is 0.0564. The number of benzene rings is 2. The summed E-state index contributed by atoms with van der Waals surface area (Å²) in [7, 11) is 1.36. The van der Waals surface area contributed by atoms with Crippen molar-refractivity contribution < 1.29 is 28.9 Å². The maximum absolute atomic E-state index is 12.6. The van der Waals surface area contributed by atoms with Crippen molar-refractivity contribution in [3.8, 4) is 11.5 Å². The van der Waals surface area contributed by atoms with E-state index in [0.717, 1.165) is 12.0 Å². The monoisotopic (exact) mass is 540 g/mol. The van der Waals surface area contributed by atoms with E-state index >= 15 is 0 Å². The highest BCUT2D eigenvalue weighted by atomic mass is 35.5. The molecule has 1 fully saturated rings. The fraction of sp³-hybridized carbons (Fsp3) is 0.345. The Kier molecular flexibility index (Phi) is 10.9. The number of esters is 1. The molecule has 38 heavy (non-hydrogen) atoms. The largest absolute Gasteiger partial charge is 0.503 e. The Morgan fingerprint density at radius 2 is 1.84 bits per heavy atom. The lowest BCUT2D eigenvalue weighted by molar-refractivity contribution is -0.151. The van der Waals surface area contributed by atoms with E-state index in [1.54, 1.807) is 0 Å². The number of aryl methyl sites for hydroxylation is 1. The van der Waals surface area contributed by atoms with E-state index in [0.29, 0.717) is 18.1 Å². The lowest BCUT2D eigenvalue weighted by atomic mass is 9.95. The highest BCUT2D eigenvalue weighted by Crippen LogP contribution is 2.27. The van der Waals surface area contributed by atoms with Crippen molar-refractivity contribution >= 4 is 23.5 Å². The summed E-state index contributed by atoms with van der Waals surface area (Å²) in [5.74, 6) is -1.51. The van der Waals surface area contributed by atoms with Crippen LogP contribution in [-0.4, -0.2) is 54.4 Å². The summed E-state index contributed by atoms with van der Waals surface area (Å²) in [6, 6.07) is 18.2. The van der Waals surface area contributed by atoms with Crippen LogP contribution in [0.4, 0.5) is 0 Å². The number of amides is 1. The summed E-state index contributed by atoms with van der Waals surface area (Å²) in [6.45, 7) is 4.24. The Balaban J connectivity index is 0.000000494. The molecule has 2 heterocycles. The highest BCUT2D eigenvalue weighted by Gasteiger charge is 2.30. The van der Waals surface area contributed by atoms with E-state index in [2.05, 4.69) is 29.4 Å². The van der Waals surface area contributed by atoms with E-state index in [4.69, 9.17) is 25.8 Å². The van der Waals surface area contributed by atoms with Gasteiger partial charge in [-0.15, -0.1) is 0 Å². The Labute approximate surface area is 227 Å². The first-order chi connectivity index (χ1) is 18.3. The Bertz CT molecular complexity index is 1190. The summed E-state index contributed by atoms with van der Waals surface area (Å²) < 4.78 is 16.3. The minimum Gasteiger partial charge on any atom is -0.503 e. The van der Waals surface area contributed by atoms with Crippen LogP contribution in [0.2, 0.25) is 5.02 Å². The third-order valence-corrected chi connectivity index (χ3v) is 6.16. The molecule has 2 N–H and O–H groups in total. The van der Waals surface area contributed by atoms with E-state index in [1.165, 1.54) is 24.9 Å². The number of hydrogen-bond donors (Lipinski definition) is 2. The van der Waals surface area contributed by atoms with Gasteiger partial charge in [0, 0.05) is 23.9 Å². The van der Waals surface area contributed by atoms with Gasteiger partial charge in [-0.3, -0.25) is 4.79 Å². The number of aromatic hydroxyl groups is 1. The Morgan fingerprint density at radius 1 is 1.13 bits per heavy atom. The number of hydrogen-bond acceptors (Lipinski definition) is 7. The average molecular weight is 541 g/mol. The molecule has 1 aliphatic heterocycles. The molecule has 202 valence electrons. The zero-order valence-corrected chi connectivity index (χ0v) is 22.5. The van der Waals surface area contributed by atoms with Gasteiger partial charge < -0.3 is 24.6 Å². The van der Waals surface area contributed by atoms with Gasteiger partial charge in [0.2, 0.25) is 0 Å². The van der Waals surface area contributed by atoms with Crippen LogP contribution in [0.5, 0.6) is 11.5 Å². The number of pyridine rings is 1. The van der Waals surface area contributed by atoms with Crippen molar-refractivity contribution in [2.75, 3.05) is 20.3 Å². The molecule has 2 aromatic carbocycles. The standard InChI is InChI=1S/C22H25ClN2O6.C7H8/c1-13-9-15(10-14-3-5-16(23)6-4-14)11-30-12-17(22(28)31-13)25-21(27)19-20(26)18(29-2)7-8-24-19;1-7-5-3-2-4-6-7/h3-8,13,15,17,26H,9-12H2,1-2H3,(H,25,27);2-6H,1H3/t13?,15?,17-;/m0./s1. The van der Waals surface area contributed by atoms with Gasteiger partial charge in [0.15, 0.2) is 23.2 Å². The van der Waals surface area contributed by atoms with Crippen LogP contribution < -0.4 is 10.1 Å². The first-order valence-electron chi connectivity index (χ1n) is 12.3. The van der Waals surface area contributed by atoms with Gasteiger partial charge in [0.25, 0.3) is 5.91 Å². The quantitative estimate of drug-likeness (QED) is 0.449. The number of ether oxygens (including phenoxy) is 3. The van der Waals surface area contributed by atoms with Crippen molar-refractivity contribution in [2.24, 2.45) is 5.92 Å². The van der Waals surface area contributed by atoms with Crippen LogP contribution in [0.15, 0.2) is 66.9 Å². The van der Waals surface area contributed by atoms with Crippen LogP contribution in [0.1, 0.15) is 35.0 Å². The number of halogens is 1. The topological polar surface area (TPSA) is 107 Å². The highest BCUT2D eigenvalue weighted by molar-refractivity contribution is 6.30. The first-order valence-corrected chi connectivity index (χ1v) is 12.7. The molecule has 0 saturated carbocycles. The summed E-state index contributed by atoms with van der Waals surface area (Å²) in [4.78, 5) is 29.0. The molecule has 1 aromatic heterocycles. The second-order valence-corrected chi connectivity index (χ2v) is 9.54. The lowest BCUT2D eigenvalue weighted by Gasteiger charge is -2.20. The SMILES string of the molecule is COc1ccnc(C(=O)N[C@H]2COCC(Cc3ccc(Cl)cc3)CC(C)OC2=O)c1O.Cc1ccccc1. The molecule has 0 spiro atoms. The van der Waals surface area contributed by atoms with E-state index in [1.807, 2.05) is 49.4 Å². The van der Waals surface area contributed by atoms with Crippen LogP contribution in [0, 0.1) is 12.8 Å². The van der Waals surface area contributed by atoms with Crippen molar-refractivity contribution in [2.45, 2.75) is 38.8 Å². The van der Waals surface area contributed by atoms with Crippen molar-refractivity contribution in [1.82, 2.24) is 10.3 Å². The molecule has 2 unspecified atom stereocenters. The molecule has 1 aliphatic rings. The van der Waals surface area contributed by atoms with Crippen LogP contribution >= 0.6 is 11.6 Å². The molecule has 1 amide bonds. The van der Waals surface area contributed by atoms with Gasteiger partial charge in [-0.25, -0.2) is 9.78 Å². The summed E-state index contributed by atoms with van der Waals surface area (Å²) in [5.41, 5.74) is 2.18. The van der Waals surface area contributed by atoms with Gasteiger partial charge in [-0.05, 0) is 50.3 Å². The molecule has 1 saturated heterocycles. The maximum atomic E-state index is 12.6. The van der Waals surface area contributed by atoms with Gasteiger partial charge in [0.05, 0.1) is 19.8 Å². The summed E-state index contributed by atoms with van der Waals surface area (Å²) in [6.07, 6.45) is 2.34. The number of carbonyl (C=O) groups excluding carboxylic acids is 2. The van der Waals surface area contributed by atoms with Crippen molar-refractivity contribution in [3.05, 3.63) is 88.7 Å². The third-order valence-electron chi connectivity index (χ3n) is 5.91. The number of methoxy groups -OCH3 is 1. The summed E-state index contributed by atoms with van der Waals surface area (Å²) in [5, 5.41) is 13.3. The van der Waals surface area contributed by atoms with E-state index in [-0.39, 0.29) is 30.1 Å². The van der Waals surface area contributed by atoms with Gasteiger partial charge in [-0.1, -0.05) is 59.6 Å². The number of cyclic esters (lactones) is 1. The predicted octanol–water partition coefficient (Wildman–Crippen LogP) is 4.75. The van der Waals surface area contributed by atoms with Crippen LogP contribution in [0.25, 0.3) is 0 Å². The van der Waals surface area contributed by atoms with Gasteiger partial charge in [0.1, 0.15) is 0 Å². The smallest absolute Gasteiger partial charge is 0.331 e. The number of nitrogens with one attached hydrogen (secondary N) is 1. The minimum atomic E-state index is -1.03. The molecule has 4 rings (SSSR count). The molecule has 3 aromatic rings. The molecule has 8 nitrogen and oxygen atoms in total. The third kappa shape index (κ3) is 8.75. The van der Waals surface area contributed by atoms with Crippen molar-refractivity contribution in [3.63, 3.8) is 0 Å². The molecule has 0 bridgehead atoms. The van der Waals surface area contributed by atoms with Crippen LogP contribution in [-0.2, 0) is 20.7 Å². The number of aromatic nitrogens is 1. The number of rotatable bonds is 5. The molecule has 9 heteroatoms. The van der Waals surface area contributed by atoms with Crippen LogP contribution in [0.3, 0.4) is 0 Å². The molecular weight excluding hydrogens is 508 g/mol. The zero-order chi connectivity index (χ0) is 27.5. The summed E-state index contributed by atoms with van der Waals surface area (Å²) >= 11 is 5.95.